The molecule has 0 aliphatic carbocycles. The second kappa shape index (κ2) is 19.9. The molecule has 2 amide bonds. The van der Waals surface area contributed by atoms with E-state index in [0.29, 0.717) is 20.6 Å². The van der Waals surface area contributed by atoms with Crippen molar-refractivity contribution in [3.8, 4) is 0 Å². The summed E-state index contributed by atoms with van der Waals surface area (Å²) in [5.74, 6) is -2.68. The topological polar surface area (TPSA) is 165 Å². The van der Waals surface area contributed by atoms with E-state index in [1.165, 1.54) is 41.5 Å². The van der Waals surface area contributed by atoms with Crippen molar-refractivity contribution in [2.24, 2.45) is 5.16 Å². The first kappa shape index (κ1) is 44.7. The van der Waals surface area contributed by atoms with E-state index in [1.807, 2.05) is 159 Å². The first-order valence-corrected chi connectivity index (χ1v) is 23.7. The number of β-lactam (4-membered cyclic amide) rings is 1. The van der Waals surface area contributed by atoms with Gasteiger partial charge in [0.15, 0.2) is 27.1 Å². The highest BCUT2D eigenvalue weighted by Gasteiger charge is 2.58. The zero-order valence-corrected chi connectivity index (χ0v) is 38.5. The molecule has 13 nitrogen and oxygen atoms in total. The molecule has 0 spiro atoms. The summed E-state index contributed by atoms with van der Waals surface area (Å²) >= 11 is 3.92. The number of thiazole rings is 1. The molecule has 9 rings (SSSR count). The van der Waals surface area contributed by atoms with E-state index in [9.17, 15) is 19.2 Å². The van der Waals surface area contributed by atoms with Crippen molar-refractivity contribution >= 4 is 68.8 Å². The van der Waals surface area contributed by atoms with Crippen LogP contribution >= 0.6 is 34.4 Å². The van der Waals surface area contributed by atoms with Crippen LogP contribution < -0.4 is 10.6 Å². The van der Waals surface area contributed by atoms with Gasteiger partial charge in [-0.25, -0.2) is 9.78 Å². The van der Waals surface area contributed by atoms with Crippen LogP contribution in [0.3, 0.4) is 0 Å². The van der Waals surface area contributed by atoms with Crippen molar-refractivity contribution < 1.29 is 28.8 Å². The zero-order chi connectivity index (χ0) is 46.3. The van der Waals surface area contributed by atoms with Crippen LogP contribution in [0.4, 0.5) is 5.13 Å². The lowest BCUT2D eigenvalue weighted by Gasteiger charge is -2.49. The number of benzene rings is 5. The highest BCUT2D eigenvalue weighted by atomic mass is 32.2. The SMILES string of the molecule is CO/N=C(/C(=O)NC1C(=O)N2C(C(=O)OC(c3ccccc3)c3ccccc3)=C(/C=C/Sc3nnc(C)s3)CC(=O)C12)c1csc(NC(c2ccccc2)(c2ccccc2)c2ccccc2)n1. The van der Waals surface area contributed by atoms with Crippen LogP contribution in [-0.2, 0) is 34.3 Å². The number of hydrogen-bond acceptors (Lipinski definition) is 14. The van der Waals surface area contributed by atoms with Gasteiger partial charge in [0.1, 0.15) is 41.1 Å². The summed E-state index contributed by atoms with van der Waals surface area (Å²) in [7, 11) is 1.30. The van der Waals surface area contributed by atoms with Crippen LogP contribution in [-0.4, -0.2) is 68.6 Å². The Morgan fingerprint density at radius 3 is 1.90 bits per heavy atom. The number of nitrogens with zero attached hydrogens (tertiary/aromatic N) is 5. The molecule has 1 saturated heterocycles. The minimum absolute atomic E-state index is 0.0954. The smallest absolute Gasteiger partial charge is 0.356 e. The molecule has 1 fully saturated rings. The maximum absolute atomic E-state index is 14.5. The largest absolute Gasteiger partial charge is 0.448 e. The molecule has 2 aromatic heterocycles. The van der Waals surface area contributed by atoms with Crippen molar-refractivity contribution in [2.75, 3.05) is 12.4 Å². The number of esters is 1. The molecule has 2 N–H and O–H groups in total. The molecule has 334 valence electrons. The number of hydrogen-bond donors (Lipinski definition) is 2. The Morgan fingerprint density at radius 2 is 1.37 bits per heavy atom. The number of nitrogens with one attached hydrogen (secondary N) is 2. The lowest BCUT2D eigenvalue weighted by Crippen LogP contribution is -2.74. The molecule has 0 saturated carbocycles. The molecule has 4 heterocycles. The van der Waals surface area contributed by atoms with E-state index in [1.54, 1.807) is 16.9 Å². The number of ketones is 1. The van der Waals surface area contributed by atoms with Gasteiger partial charge < -0.3 is 20.2 Å². The third-order valence-corrected chi connectivity index (χ3v) is 13.7. The molecular formula is C51H41N7O6S3. The molecule has 2 atom stereocenters. The molecule has 7 aromatic rings. The maximum Gasteiger partial charge on any atom is 0.356 e. The highest BCUT2D eigenvalue weighted by molar-refractivity contribution is 8.03. The van der Waals surface area contributed by atoms with Crippen molar-refractivity contribution in [2.45, 2.75) is 41.4 Å². The second-order valence-corrected chi connectivity index (χ2v) is 18.6. The Kier molecular flexibility index (Phi) is 13.3. The van der Waals surface area contributed by atoms with Crippen molar-refractivity contribution in [3.05, 3.63) is 218 Å². The van der Waals surface area contributed by atoms with E-state index in [0.717, 1.165) is 26.6 Å². The van der Waals surface area contributed by atoms with Gasteiger partial charge in [0, 0.05) is 11.8 Å². The van der Waals surface area contributed by atoms with E-state index in [2.05, 4.69) is 26.0 Å². The Morgan fingerprint density at radius 1 is 0.821 bits per heavy atom. The van der Waals surface area contributed by atoms with E-state index in [-0.39, 0.29) is 34.9 Å². The van der Waals surface area contributed by atoms with Crippen molar-refractivity contribution in [3.63, 3.8) is 0 Å². The normalized spacial score (nSPS) is 16.2. The Hall–Kier alpha value is -7.53. The number of anilines is 1. The molecule has 67 heavy (non-hydrogen) atoms. The Labute approximate surface area is 398 Å². The molecule has 2 aliphatic heterocycles. The van der Waals surface area contributed by atoms with Gasteiger partial charge in [-0.1, -0.05) is 180 Å². The van der Waals surface area contributed by atoms with Gasteiger partial charge in [0.25, 0.3) is 11.8 Å². The zero-order valence-electron chi connectivity index (χ0n) is 36.0. The molecule has 2 aliphatic rings. The van der Waals surface area contributed by atoms with E-state index >= 15 is 0 Å². The number of Topliss-reactive ketones (excluding diaryl/α,β-unsaturated/α-hetero) is 1. The number of aromatic nitrogens is 3. The fourth-order valence-corrected chi connectivity index (χ4v) is 10.6. The van der Waals surface area contributed by atoms with Crippen LogP contribution in [0, 0.1) is 6.92 Å². The molecule has 2 unspecified atom stereocenters. The number of carbonyl (C=O) groups excluding carboxylic acids is 4. The van der Waals surface area contributed by atoms with Crippen LogP contribution in [0.2, 0.25) is 0 Å². The summed E-state index contributed by atoms with van der Waals surface area (Å²) in [6.45, 7) is 1.84. The number of rotatable bonds is 16. The van der Waals surface area contributed by atoms with Crippen LogP contribution in [0.1, 0.15) is 51.0 Å². The van der Waals surface area contributed by atoms with Crippen LogP contribution in [0.5, 0.6) is 0 Å². The summed E-state index contributed by atoms with van der Waals surface area (Å²) in [5.41, 5.74) is 3.51. The molecule has 5 aromatic carbocycles. The first-order chi connectivity index (χ1) is 32.7. The predicted molar refractivity (Wildman–Crippen MR) is 258 cm³/mol. The van der Waals surface area contributed by atoms with E-state index in [4.69, 9.17) is 14.6 Å². The summed E-state index contributed by atoms with van der Waals surface area (Å²) in [6, 6.07) is 46.0. The standard InChI is InChI=1S/C51H41N7O6S3/c1-32-55-56-50(67-32)65-29-28-35-30-40(59)44-42(47(61)58(44)43(35)48(62)64-45(33-18-8-3-9-19-33)34-20-10-4-11-21-34)53-46(60)41(57-63-2)39-31-66-49(52-39)54-51(36-22-12-5-13-23-36,37-24-14-6-15-25-37)38-26-16-7-17-27-38/h3-29,31,42,44-45H,30H2,1-2H3,(H,52,54)(H,53,60)/b29-28+,57-41+. The van der Waals surface area contributed by atoms with Gasteiger partial charge in [-0.15, -0.1) is 21.5 Å². The van der Waals surface area contributed by atoms with Crippen LogP contribution in [0.25, 0.3) is 0 Å². The number of thioether (sulfide) groups is 1. The Balaban J connectivity index is 1.00. The van der Waals surface area contributed by atoms with Crippen molar-refractivity contribution in [1.82, 2.24) is 25.4 Å². The summed E-state index contributed by atoms with van der Waals surface area (Å²) in [6.07, 6.45) is 0.563. The third kappa shape index (κ3) is 9.19. The second-order valence-electron chi connectivity index (χ2n) is 15.4. The van der Waals surface area contributed by atoms with Gasteiger partial charge in [-0.05, 0) is 51.8 Å². The molecule has 0 radical (unpaired) electrons. The summed E-state index contributed by atoms with van der Waals surface area (Å²) in [4.78, 5) is 68.3. The maximum atomic E-state index is 14.5. The van der Waals surface area contributed by atoms with E-state index < -0.39 is 41.5 Å². The molecule has 16 heteroatoms. The Bertz CT molecular complexity index is 2860. The quantitative estimate of drug-likeness (QED) is 0.0238. The van der Waals surface area contributed by atoms with Gasteiger partial charge in [0.05, 0.1) is 0 Å². The third-order valence-electron chi connectivity index (χ3n) is 11.3. The highest BCUT2D eigenvalue weighted by Crippen LogP contribution is 2.42. The fraction of sp³-hybridized carbons (Fsp3) is 0.137. The molecule has 0 bridgehead atoms. The lowest BCUT2D eigenvalue weighted by molar-refractivity contribution is -0.162. The fourth-order valence-electron chi connectivity index (χ4n) is 8.24. The number of allylic oxidation sites excluding steroid dienone is 2. The van der Waals surface area contributed by atoms with Gasteiger partial charge in [-0.2, -0.15) is 0 Å². The van der Waals surface area contributed by atoms with Crippen molar-refractivity contribution in [1.29, 1.82) is 0 Å². The number of aryl methyl sites for hydroxylation is 1. The average molecular weight is 944 g/mol. The number of oxime groups is 1. The number of carbonyl (C=O) groups is 4. The minimum atomic E-state index is -1.33. The predicted octanol–water partition coefficient (Wildman–Crippen LogP) is 8.62. The lowest BCUT2D eigenvalue weighted by atomic mass is 9.77. The monoisotopic (exact) mass is 943 g/mol. The van der Waals surface area contributed by atoms with Gasteiger partial charge >= 0.3 is 5.97 Å². The minimum Gasteiger partial charge on any atom is -0.448 e. The first-order valence-electron chi connectivity index (χ1n) is 21.1. The van der Waals surface area contributed by atoms with Gasteiger partial charge in [-0.3, -0.25) is 19.3 Å². The molecular weight excluding hydrogens is 903 g/mol. The van der Waals surface area contributed by atoms with Gasteiger partial charge in [0.2, 0.25) is 0 Å². The summed E-state index contributed by atoms with van der Waals surface area (Å²) < 4.78 is 6.92. The summed E-state index contributed by atoms with van der Waals surface area (Å²) in [5, 5.41) is 23.3. The number of fused-ring (bicyclic) bond motifs is 1. The number of ether oxygens (including phenoxy) is 1. The number of amides is 2. The van der Waals surface area contributed by atoms with Crippen LogP contribution in [0.15, 0.2) is 189 Å². The average Bonchev–Trinajstić information content (AvgIpc) is 4.02.